The predicted octanol–water partition coefficient (Wildman–Crippen LogP) is 3.16. The molecule has 0 aromatic heterocycles. The molecule has 0 radical (unpaired) electrons. The Morgan fingerprint density at radius 3 is 2.53 bits per heavy atom. The first-order valence-corrected chi connectivity index (χ1v) is 10.1. The highest BCUT2D eigenvalue weighted by Crippen LogP contribution is 2.20. The zero-order valence-corrected chi connectivity index (χ0v) is 17.3. The van der Waals surface area contributed by atoms with Crippen molar-refractivity contribution >= 4 is 23.6 Å². The van der Waals surface area contributed by atoms with E-state index in [0.717, 1.165) is 16.8 Å². The summed E-state index contributed by atoms with van der Waals surface area (Å²) in [5.41, 5.74) is 2.30. The van der Waals surface area contributed by atoms with Crippen LogP contribution >= 0.6 is 0 Å². The first kappa shape index (κ1) is 21.4. The normalized spacial score (nSPS) is 14.4. The van der Waals surface area contributed by atoms with E-state index < -0.39 is 6.04 Å². The largest absolute Gasteiger partial charge is 0.447 e. The molecule has 1 saturated heterocycles. The van der Waals surface area contributed by atoms with Crippen molar-refractivity contribution in [2.45, 2.75) is 32.9 Å². The van der Waals surface area contributed by atoms with Crippen molar-refractivity contribution in [3.8, 4) is 0 Å². The lowest BCUT2D eigenvalue weighted by molar-refractivity contribution is -0.129. The van der Waals surface area contributed by atoms with Gasteiger partial charge < -0.3 is 15.4 Å². The fourth-order valence-electron chi connectivity index (χ4n) is 3.29. The minimum atomic E-state index is -0.769. The number of benzene rings is 2. The van der Waals surface area contributed by atoms with Gasteiger partial charge in [0.2, 0.25) is 11.8 Å². The van der Waals surface area contributed by atoms with Gasteiger partial charge in [0.25, 0.3) is 0 Å². The van der Waals surface area contributed by atoms with Crippen LogP contribution < -0.4 is 15.5 Å². The van der Waals surface area contributed by atoms with E-state index in [0.29, 0.717) is 19.6 Å². The zero-order valence-electron chi connectivity index (χ0n) is 17.3. The van der Waals surface area contributed by atoms with Crippen LogP contribution in [0.3, 0.4) is 0 Å². The molecule has 0 saturated carbocycles. The van der Waals surface area contributed by atoms with Gasteiger partial charge in [0.1, 0.15) is 12.6 Å². The number of cyclic esters (lactones) is 1. The fourth-order valence-corrected chi connectivity index (χ4v) is 3.29. The lowest BCUT2D eigenvalue weighted by Crippen LogP contribution is -2.40. The summed E-state index contributed by atoms with van der Waals surface area (Å²) in [7, 11) is 0. The highest BCUT2D eigenvalue weighted by molar-refractivity contribution is 5.90. The molecule has 2 aromatic rings. The summed E-state index contributed by atoms with van der Waals surface area (Å²) in [4.78, 5) is 38.5. The lowest BCUT2D eigenvalue weighted by atomic mass is 10.0. The maximum Gasteiger partial charge on any atom is 0.414 e. The molecule has 2 aromatic carbocycles. The smallest absolute Gasteiger partial charge is 0.414 e. The Labute approximate surface area is 176 Å². The van der Waals surface area contributed by atoms with Gasteiger partial charge in [-0.3, -0.25) is 14.5 Å². The van der Waals surface area contributed by atoms with Crippen molar-refractivity contribution in [1.82, 2.24) is 10.6 Å². The van der Waals surface area contributed by atoms with Crippen molar-refractivity contribution in [2.24, 2.45) is 5.92 Å². The second-order valence-corrected chi connectivity index (χ2v) is 7.66. The Balaban J connectivity index is 1.68. The highest BCUT2D eigenvalue weighted by atomic mass is 16.6. The molecule has 1 atom stereocenters. The average molecular weight is 409 g/mol. The molecule has 1 fully saturated rings. The molecular formula is C23H27N3O4. The third-order valence-electron chi connectivity index (χ3n) is 4.74. The number of nitrogens with one attached hydrogen (secondary N) is 2. The van der Waals surface area contributed by atoms with E-state index in [1.165, 1.54) is 0 Å². The van der Waals surface area contributed by atoms with Crippen molar-refractivity contribution < 1.29 is 19.1 Å². The molecule has 7 heteroatoms. The van der Waals surface area contributed by atoms with Crippen LogP contribution in [0.4, 0.5) is 10.5 Å². The third kappa shape index (κ3) is 5.59. The molecule has 1 aliphatic heterocycles. The summed E-state index contributed by atoms with van der Waals surface area (Å²) in [6.45, 7) is 5.07. The summed E-state index contributed by atoms with van der Waals surface area (Å²) in [6.07, 6.45) is -0.0156. The average Bonchev–Trinajstić information content (AvgIpc) is 3.16. The predicted molar refractivity (Wildman–Crippen MR) is 114 cm³/mol. The third-order valence-corrected chi connectivity index (χ3v) is 4.74. The van der Waals surface area contributed by atoms with Crippen LogP contribution in [0, 0.1) is 5.92 Å². The summed E-state index contributed by atoms with van der Waals surface area (Å²) in [5.74, 6) is -0.252. The van der Waals surface area contributed by atoms with Gasteiger partial charge in [-0.1, -0.05) is 56.3 Å². The van der Waals surface area contributed by atoms with E-state index in [1.807, 2.05) is 68.4 Å². The van der Waals surface area contributed by atoms with Gasteiger partial charge in [-0.15, -0.1) is 0 Å². The highest BCUT2D eigenvalue weighted by Gasteiger charge is 2.25. The van der Waals surface area contributed by atoms with Crippen LogP contribution in [0.15, 0.2) is 54.6 Å². The second kappa shape index (κ2) is 9.91. The van der Waals surface area contributed by atoms with Gasteiger partial charge >= 0.3 is 6.09 Å². The van der Waals surface area contributed by atoms with Gasteiger partial charge in [-0.05, 0) is 29.2 Å². The van der Waals surface area contributed by atoms with Crippen molar-refractivity contribution in [1.29, 1.82) is 0 Å². The molecule has 158 valence electrons. The molecule has 0 aliphatic carbocycles. The van der Waals surface area contributed by atoms with Crippen molar-refractivity contribution in [3.05, 3.63) is 65.7 Å². The number of hydrogen-bond donors (Lipinski definition) is 2. The Kier molecular flexibility index (Phi) is 7.06. The van der Waals surface area contributed by atoms with E-state index in [4.69, 9.17) is 4.74 Å². The van der Waals surface area contributed by atoms with Gasteiger partial charge in [0.05, 0.1) is 6.54 Å². The van der Waals surface area contributed by atoms with E-state index in [-0.39, 0.29) is 30.4 Å². The first-order chi connectivity index (χ1) is 14.4. The number of anilines is 1. The van der Waals surface area contributed by atoms with E-state index in [9.17, 15) is 14.4 Å². The number of ether oxygens (including phenoxy) is 1. The van der Waals surface area contributed by atoms with E-state index in [2.05, 4.69) is 10.6 Å². The van der Waals surface area contributed by atoms with Crippen molar-refractivity contribution in [2.75, 3.05) is 18.1 Å². The van der Waals surface area contributed by atoms with Crippen molar-refractivity contribution in [3.63, 3.8) is 0 Å². The molecule has 7 nitrogen and oxygen atoms in total. The Morgan fingerprint density at radius 1 is 1.10 bits per heavy atom. The molecule has 1 aliphatic rings. The lowest BCUT2D eigenvalue weighted by Gasteiger charge is -2.20. The number of nitrogens with zero attached hydrogens (tertiary/aromatic N) is 1. The summed E-state index contributed by atoms with van der Waals surface area (Å²) < 4.78 is 4.98. The van der Waals surface area contributed by atoms with Gasteiger partial charge in [-0.25, -0.2) is 4.79 Å². The molecular weight excluding hydrogens is 382 g/mol. The zero-order chi connectivity index (χ0) is 21.5. The molecule has 3 rings (SSSR count). The number of carbonyl (C=O) groups excluding carboxylic acids is 3. The Hall–Kier alpha value is -3.35. The van der Waals surface area contributed by atoms with Crippen LogP contribution in [0.1, 0.15) is 37.4 Å². The molecule has 2 N–H and O–H groups in total. The maximum atomic E-state index is 12.9. The van der Waals surface area contributed by atoms with Gasteiger partial charge in [-0.2, -0.15) is 0 Å². The summed E-state index contributed by atoms with van der Waals surface area (Å²) in [5, 5.41) is 5.74. The molecule has 3 amide bonds. The first-order valence-electron chi connectivity index (χ1n) is 10.1. The van der Waals surface area contributed by atoms with Crippen LogP contribution in [0.2, 0.25) is 0 Å². The van der Waals surface area contributed by atoms with Crippen LogP contribution in [0.25, 0.3) is 0 Å². The Bertz CT molecular complexity index is 898. The van der Waals surface area contributed by atoms with Gasteiger partial charge in [0.15, 0.2) is 0 Å². The second-order valence-electron chi connectivity index (χ2n) is 7.66. The number of amides is 3. The minimum Gasteiger partial charge on any atom is -0.447 e. The molecule has 30 heavy (non-hydrogen) atoms. The molecule has 0 bridgehead atoms. The topological polar surface area (TPSA) is 87.7 Å². The van der Waals surface area contributed by atoms with E-state index >= 15 is 0 Å². The maximum absolute atomic E-state index is 12.9. The Morgan fingerprint density at radius 2 is 1.87 bits per heavy atom. The number of carbonyl (C=O) groups is 3. The summed E-state index contributed by atoms with van der Waals surface area (Å²) in [6, 6.07) is 15.8. The van der Waals surface area contributed by atoms with Crippen LogP contribution in [-0.4, -0.2) is 31.1 Å². The molecule has 1 heterocycles. The van der Waals surface area contributed by atoms with Crippen LogP contribution in [0.5, 0.6) is 0 Å². The number of hydrogen-bond acceptors (Lipinski definition) is 4. The quantitative estimate of drug-likeness (QED) is 0.701. The monoisotopic (exact) mass is 409 g/mol. The molecule has 1 unspecified atom stereocenters. The van der Waals surface area contributed by atoms with Crippen LogP contribution in [-0.2, 0) is 20.9 Å². The fraction of sp³-hybridized carbons (Fsp3) is 0.348. The van der Waals surface area contributed by atoms with Gasteiger partial charge in [0, 0.05) is 18.7 Å². The SMILES string of the molecule is CC(C)CC(=O)NC(C(=O)NCc1cccc(N2CCOC2=O)c1)c1ccccc1. The molecule has 0 spiro atoms. The standard InChI is InChI=1S/C23H27N3O4/c1-16(2)13-20(27)25-21(18-8-4-3-5-9-18)22(28)24-15-17-7-6-10-19(14-17)26-11-12-30-23(26)29/h3-10,14,16,21H,11-13,15H2,1-2H3,(H,24,28)(H,25,27). The number of rotatable bonds is 8. The van der Waals surface area contributed by atoms with E-state index in [1.54, 1.807) is 4.90 Å². The summed E-state index contributed by atoms with van der Waals surface area (Å²) >= 11 is 0. The minimum absolute atomic E-state index is 0.163.